The van der Waals surface area contributed by atoms with Crippen molar-refractivity contribution in [1.82, 2.24) is 10.2 Å². The van der Waals surface area contributed by atoms with Gasteiger partial charge >= 0.3 is 12.0 Å². The molecule has 0 spiro atoms. The van der Waals surface area contributed by atoms with E-state index in [1.807, 2.05) is 0 Å². The molecular formula is C16H18ClN3O5S. The monoisotopic (exact) mass is 399 g/mol. The average Bonchev–Trinajstić information content (AvgIpc) is 3.02. The average molecular weight is 400 g/mol. The summed E-state index contributed by atoms with van der Waals surface area (Å²) in [6, 6.07) is 6.15. The summed E-state index contributed by atoms with van der Waals surface area (Å²) in [4.78, 5) is 48.0. The number of urea groups is 1. The van der Waals surface area contributed by atoms with Gasteiger partial charge in [0, 0.05) is 23.8 Å². The first-order valence-corrected chi connectivity index (χ1v) is 9.32. The first-order chi connectivity index (χ1) is 12.4. The molecule has 8 nitrogen and oxygen atoms in total. The quantitative estimate of drug-likeness (QED) is 0.673. The van der Waals surface area contributed by atoms with Gasteiger partial charge in [0.15, 0.2) is 6.10 Å². The Kier molecular flexibility index (Phi) is 7.28. The molecule has 2 N–H and O–H groups in total. The molecule has 1 aliphatic rings. The summed E-state index contributed by atoms with van der Waals surface area (Å²) in [6.07, 6.45) is -1.06. The molecule has 26 heavy (non-hydrogen) atoms. The molecule has 1 aromatic rings. The highest BCUT2D eigenvalue weighted by Crippen LogP contribution is 2.14. The Labute approximate surface area is 159 Å². The molecule has 0 bridgehead atoms. The third-order valence-corrected chi connectivity index (χ3v) is 4.52. The van der Waals surface area contributed by atoms with Gasteiger partial charge in [0.25, 0.3) is 5.91 Å². The lowest BCUT2D eigenvalue weighted by molar-refractivity contribution is -0.155. The predicted octanol–water partition coefficient (Wildman–Crippen LogP) is 1.50. The van der Waals surface area contributed by atoms with E-state index in [0.29, 0.717) is 17.3 Å². The number of imide groups is 1. The molecule has 1 aromatic carbocycles. The van der Waals surface area contributed by atoms with Crippen LogP contribution >= 0.6 is 23.4 Å². The van der Waals surface area contributed by atoms with Crippen LogP contribution in [0.4, 0.5) is 10.5 Å². The van der Waals surface area contributed by atoms with Gasteiger partial charge in [-0.2, -0.15) is 0 Å². The molecule has 0 radical (unpaired) electrons. The number of carbonyl (C=O) groups excluding carboxylic acids is 4. The second kappa shape index (κ2) is 9.44. The molecule has 2 rings (SSSR count). The minimum absolute atomic E-state index is 0.0502. The third kappa shape index (κ3) is 5.92. The van der Waals surface area contributed by atoms with E-state index in [2.05, 4.69) is 10.6 Å². The zero-order chi connectivity index (χ0) is 19.1. The minimum Gasteiger partial charge on any atom is -0.452 e. The Morgan fingerprint density at radius 2 is 2.00 bits per heavy atom. The molecule has 4 amide bonds. The van der Waals surface area contributed by atoms with Crippen LogP contribution in [0.2, 0.25) is 5.02 Å². The molecule has 1 heterocycles. The number of hydrogen-bond donors (Lipinski definition) is 2. The van der Waals surface area contributed by atoms with Crippen molar-refractivity contribution in [3.8, 4) is 0 Å². The normalized spacial score (nSPS) is 14.5. The van der Waals surface area contributed by atoms with Crippen LogP contribution in [0, 0.1) is 0 Å². The van der Waals surface area contributed by atoms with Gasteiger partial charge in [-0.05, 0) is 31.2 Å². The van der Waals surface area contributed by atoms with Crippen LogP contribution in [-0.4, -0.2) is 59.4 Å². The highest BCUT2D eigenvalue weighted by molar-refractivity contribution is 8.00. The maximum Gasteiger partial charge on any atom is 0.324 e. The lowest BCUT2D eigenvalue weighted by Crippen LogP contribution is -2.42. The molecule has 1 fully saturated rings. The number of amides is 4. The molecule has 1 aliphatic heterocycles. The minimum atomic E-state index is -1.06. The van der Waals surface area contributed by atoms with Crippen molar-refractivity contribution < 1.29 is 23.9 Å². The standard InChI is InChI=1S/C16H18ClN3O5S/c1-10(15(23)20-7-6-18-16(20)24)25-14(22)9-26-8-13(21)19-12-4-2-11(17)3-5-12/h2-5,10H,6-9H2,1H3,(H,18,24)(H,19,21)/t10-/m0/s1. The van der Waals surface area contributed by atoms with Gasteiger partial charge in [-0.1, -0.05) is 11.6 Å². The van der Waals surface area contributed by atoms with Crippen LogP contribution in [0.5, 0.6) is 0 Å². The second-order valence-corrected chi connectivity index (χ2v) is 6.82. The van der Waals surface area contributed by atoms with Gasteiger partial charge in [-0.3, -0.25) is 19.3 Å². The number of carbonyl (C=O) groups is 4. The second-order valence-electron chi connectivity index (χ2n) is 5.40. The molecule has 1 atom stereocenters. The van der Waals surface area contributed by atoms with Crippen LogP contribution in [0.3, 0.4) is 0 Å². The van der Waals surface area contributed by atoms with Crippen molar-refractivity contribution in [2.45, 2.75) is 13.0 Å². The molecule has 0 aliphatic carbocycles. The number of esters is 1. The molecule has 140 valence electrons. The van der Waals surface area contributed by atoms with E-state index in [-0.39, 0.29) is 24.0 Å². The number of ether oxygens (including phenoxy) is 1. The van der Waals surface area contributed by atoms with E-state index in [4.69, 9.17) is 16.3 Å². The summed E-state index contributed by atoms with van der Waals surface area (Å²) >= 11 is 6.82. The summed E-state index contributed by atoms with van der Waals surface area (Å²) in [7, 11) is 0. The zero-order valence-corrected chi connectivity index (χ0v) is 15.6. The van der Waals surface area contributed by atoms with Crippen molar-refractivity contribution in [2.75, 3.05) is 29.9 Å². The first kappa shape index (κ1) is 20.1. The van der Waals surface area contributed by atoms with E-state index < -0.39 is 24.0 Å². The maximum absolute atomic E-state index is 12.0. The highest BCUT2D eigenvalue weighted by Gasteiger charge is 2.31. The highest BCUT2D eigenvalue weighted by atomic mass is 35.5. The van der Waals surface area contributed by atoms with Crippen molar-refractivity contribution >= 4 is 52.9 Å². The Bertz CT molecular complexity index is 698. The number of benzene rings is 1. The van der Waals surface area contributed by atoms with Gasteiger partial charge in [0.2, 0.25) is 5.91 Å². The van der Waals surface area contributed by atoms with Gasteiger partial charge in [0.05, 0.1) is 11.5 Å². The first-order valence-electron chi connectivity index (χ1n) is 7.78. The van der Waals surface area contributed by atoms with Crippen molar-refractivity contribution in [2.24, 2.45) is 0 Å². The third-order valence-electron chi connectivity index (χ3n) is 3.36. The van der Waals surface area contributed by atoms with Gasteiger partial charge in [-0.15, -0.1) is 11.8 Å². The van der Waals surface area contributed by atoms with Crippen LogP contribution in [-0.2, 0) is 19.1 Å². The van der Waals surface area contributed by atoms with E-state index in [1.165, 1.54) is 6.92 Å². The van der Waals surface area contributed by atoms with Gasteiger partial charge < -0.3 is 15.4 Å². The van der Waals surface area contributed by atoms with Crippen LogP contribution < -0.4 is 10.6 Å². The summed E-state index contributed by atoms with van der Waals surface area (Å²) in [6.45, 7) is 2.03. The van der Waals surface area contributed by atoms with Gasteiger partial charge in [-0.25, -0.2) is 4.79 Å². The fraction of sp³-hybridized carbons (Fsp3) is 0.375. The van der Waals surface area contributed by atoms with E-state index in [9.17, 15) is 19.2 Å². The number of anilines is 1. The fourth-order valence-electron chi connectivity index (χ4n) is 2.14. The van der Waals surface area contributed by atoms with Crippen molar-refractivity contribution in [3.63, 3.8) is 0 Å². The lowest BCUT2D eigenvalue weighted by atomic mass is 10.3. The SMILES string of the molecule is C[C@H](OC(=O)CSCC(=O)Nc1ccc(Cl)cc1)C(=O)N1CCNC1=O. The summed E-state index contributed by atoms with van der Waals surface area (Å²) in [5, 5.41) is 5.73. The summed E-state index contributed by atoms with van der Waals surface area (Å²) in [5.41, 5.74) is 0.602. The molecule has 0 aromatic heterocycles. The van der Waals surface area contributed by atoms with E-state index in [1.54, 1.807) is 24.3 Å². The summed E-state index contributed by atoms with van der Waals surface area (Å²) in [5.74, 6) is -1.51. The Balaban J connectivity index is 1.67. The Morgan fingerprint density at radius 1 is 1.31 bits per heavy atom. The van der Waals surface area contributed by atoms with Crippen LogP contribution in [0.15, 0.2) is 24.3 Å². The largest absolute Gasteiger partial charge is 0.452 e. The Morgan fingerprint density at radius 3 is 2.62 bits per heavy atom. The van der Waals surface area contributed by atoms with E-state index in [0.717, 1.165) is 16.7 Å². The van der Waals surface area contributed by atoms with Crippen molar-refractivity contribution in [1.29, 1.82) is 0 Å². The zero-order valence-electron chi connectivity index (χ0n) is 14.0. The summed E-state index contributed by atoms with van der Waals surface area (Å²) < 4.78 is 5.01. The molecule has 10 heteroatoms. The predicted molar refractivity (Wildman–Crippen MR) is 98.1 cm³/mol. The fourth-order valence-corrected chi connectivity index (χ4v) is 2.86. The number of rotatable bonds is 7. The topological polar surface area (TPSA) is 105 Å². The number of nitrogens with one attached hydrogen (secondary N) is 2. The molecular weight excluding hydrogens is 382 g/mol. The Hall–Kier alpha value is -2.26. The van der Waals surface area contributed by atoms with Crippen molar-refractivity contribution in [3.05, 3.63) is 29.3 Å². The van der Waals surface area contributed by atoms with Gasteiger partial charge in [0.1, 0.15) is 0 Å². The number of thioether (sulfide) groups is 1. The number of nitrogens with zero attached hydrogens (tertiary/aromatic N) is 1. The molecule has 1 saturated heterocycles. The van der Waals surface area contributed by atoms with Crippen LogP contribution in [0.25, 0.3) is 0 Å². The number of hydrogen-bond acceptors (Lipinski definition) is 6. The molecule has 0 unspecified atom stereocenters. The molecule has 0 saturated carbocycles. The lowest BCUT2D eigenvalue weighted by Gasteiger charge is -2.18. The smallest absolute Gasteiger partial charge is 0.324 e. The van der Waals surface area contributed by atoms with E-state index >= 15 is 0 Å². The number of halogens is 1. The van der Waals surface area contributed by atoms with Crippen LogP contribution in [0.1, 0.15) is 6.92 Å². The maximum atomic E-state index is 12.0.